The van der Waals surface area contributed by atoms with Gasteiger partial charge in [0.25, 0.3) is 0 Å². The number of hydrogen-bond acceptors (Lipinski definition) is 3. The van der Waals surface area contributed by atoms with Crippen molar-refractivity contribution in [3.05, 3.63) is 35.4 Å². The molecule has 1 aromatic rings. The van der Waals surface area contributed by atoms with E-state index in [0.717, 1.165) is 0 Å². The van der Waals surface area contributed by atoms with Crippen molar-refractivity contribution < 1.29 is 14.2 Å². The van der Waals surface area contributed by atoms with Crippen LogP contribution in [0.2, 0.25) is 0 Å². The second-order valence-corrected chi connectivity index (χ2v) is 5.16. The highest BCUT2D eigenvalue weighted by Crippen LogP contribution is 2.83. The van der Waals surface area contributed by atoms with Gasteiger partial charge in [0.15, 0.2) is 11.2 Å². The quantitative estimate of drug-likeness (QED) is 0.578. The van der Waals surface area contributed by atoms with Gasteiger partial charge in [0, 0.05) is 0 Å². The lowest BCUT2D eigenvalue weighted by atomic mass is 9.60. The summed E-state index contributed by atoms with van der Waals surface area (Å²) in [6.45, 7) is 0. The molecule has 3 heterocycles. The molecule has 0 radical (unpaired) electrons. The minimum Gasteiger partial charge on any atom is -0.364 e. The summed E-state index contributed by atoms with van der Waals surface area (Å²) in [7, 11) is 0. The Balaban J connectivity index is 1.72. The van der Waals surface area contributed by atoms with Gasteiger partial charge in [-0.3, -0.25) is 0 Å². The molecule has 5 aliphatic rings. The number of ether oxygens (including phenoxy) is 3. The van der Waals surface area contributed by atoms with Gasteiger partial charge in [0.2, 0.25) is 0 Å². The van der Waals surface area contributed by atoms with Crippen molar-refractivity contribution in [2.24, 2.45) is 0 Å². The van der Waals surface area contributed by atoms with Gasteiger partial charge in [0.05, 0.1) is 0 Å². The first kappa shape index (κ1) is 6.63. The Morgan fingerprint density at radius 2 is 1.40 bits per heavy atom. The van der Waals surface area contributed by atoms with Crippen molar-refractivity contribution in [1.82, 2.24) is 0 Å². The van der Waals surface area contributed by atoms with Gasteiger partial charge >= 0.3 is 0 Å². The summed E-state index contributed by atoms with van der Waals surface area (Å²) < 4.78 is 17.5. The van der Waals surface area contributed by atoms with Crippen LogP contribution in [-0.2, 0) is 25.4 Å². The minimum absolute atomic E-state index is 0.105. The van der Waals surface area contributed by atoms with Crippen LogP contribution in [0.25, 0.3) is 0 Å². The summed E-state index contributed by atoms with van der Waals surface area (Å²) >= 11 is 0. The Hall–Kier alpha value is -0.900. The molecule has 3 nitrogen and oxygen atoms in total. The van der Waals surface area contributed by atoms with Crippen LogP contribution in [-0.4, -0.2) is 24.4 Å². The van der Waals surface area contributed by atoms with E-state index in [0.29, 0.717) is 12.2 Å². The lowest BCUT2D eigenvalue weighted by Crippen LogP contribution is -2.49. The zero-order valence-electron chi connectivity index (χ0n) is 7.84. The largest absolute Gasteiger partial charge is 0.364 e. The summed E-state index contributed by atoms with van der Waals surface area (Å²) in [4.78, 5) is 0. The minimum atomic E-state index is -0.105. The molecule has 2 spiro atoms. The van der Waals surface area contributed by atoms with Gasteiger partial charge in [0.1, 0.15) is 24.4 Å². The highest BCUT2D eigenvalue weighted by Gasteiger charge is 2.97. The van der Waals surface area contributed by atoms with Gasteiger partial charge in [-0.2, -0.15) is 0 Å². The second-order valence-electron chi connectivity index (χ2n) is 5.16. The van der Waals surface area contributed by atoms with Crippen LogP contribution in [0.5, 0.6) is 0 Å². The Morgan fingerprint density at radius 1 is 0.867 bits per heavy atom. The fraction of sp³-hybridized carbons (Fsp3) is 0.500. The molecule has 0 amide bonds. The summed E-state index contributed by atoms with van der Waals surface area (Å²) in [5.41, 5.74) is 2.47. The topological polar surface area (TPSA) is 37.6 Å². The third-order valence-corrected chi connectivity index (χ3v) is 4.75. The number of hydrogen-bond donors (Lipinski definition) is 0. The highest BCUT2D eigenvalue weighted by atomic mass is 16.8. The van der Waals surface area contributed by atoms with Crippen LogP contribution in [0, 0.1) is 0 Å². The van der Waals surface area contributed by atoms with E-state index < -0.39 is 0 Å². The van der Waals surface area contributed by atoms with Crippen molar-refractivity contribution in [3.8, 4) is 0 Å². The number of benzene rings is 1. The van der Waals surface area contributed by atoms with Crippen molar-refractivity contribution in [2.45, 2.75) is 35.6 Å². The monoisotopic (exact) mass is 200 g/mol. The van der Waals surface area contributed by atoms with Crippen LogP contribution in [0.3, 0.4) is 0 Å². The van der Waals surface area contributed by atoms with Gasteiger partial charge in [-0.25, -0.2) is 0 Å². The molecule has 0 aromatic heterocycles. The molecule has 0 unspecified atom stereocenters. The summed E-state index contributed by atoms with van der Waals surface area (Å²) in [6.07, 6.45) is 1.19. The van der Waals surface area contributed by atoms with Gasteiger partial charge in [-0.05, 0) is 11.1 Å². The SMILES string of the molecule is c1ccc2c(c1)[C@@]13O[C@@H]1[C@H]1O[C@H]1[C@@H]1O[C@@]213. The Labute approximate surface area is 85.9 Å². The molecule has 6 atom stereocenters. The van der Waals surface area contributed by atoms with E-state index in [1.54, 1.807) is 0 Å². The summed E-state index contributed by atoms with van der Waals surface area (Å²) in [6, 6.07) is 8.50. The number of fused-ring (bicyclic) bond motifs is 4. The van der Waals surface area contributed by atoms with Crippen LogP contribution >= 0.6 is 0 Å². The molecular formula is C12H8O3. The van der Waals surface area contributed by atoms with Crippen molar-refractivity contribution >= 4 is 0 Å². The van der Waals surface area contributed by atoms with Crippen molar-refractivity contribution in [2.75, 3.05) is 0 Å². The first-order chi connectivity index (χ1) is 7.39. The average Bonchev–Trinajstić information content (AvgIpc) is 3.12. The number of epoxide rings is 3. The lowest BCUT2D eigenvalue weighted by molar-refractivity contribution is 0.118. The third-order valence-electron chi connectivity index (χ3n) is 4.75. The molecule has 3 aliphatic heterocycles. The molecule has 74 valence electrons. The van der Waals surface area contributed by atoms with E-state index in [1.165, 1.54) is 11.1 Å². The maximum absolute atomic E-state index is 5.94. The normalized spacial score (nSPS) is 63.7. The summed E-state index contributed by atoms with van der Waals surface area (Å²) in [5, 5.41) is 0. The van der Waals surface area contributed by atoms with E-state index >= 15 is 0 Å². The van der Waals surface area contributed by atoms with E-state index in [4.69, 9.17) is 14.2 Å². The predicted molar refractivity (Wildman–Crippen MR) is 48.2 cm³/mol. The molecule has 2 aliphatic carbocycles. The smallest absolute Gasteiger partial charge is 0.159 e. The van der Waals surface area contributed by atoms with Gasteiger partial charge < -0.3 is 14.2 Å². The lowest BCUT2D eigenvalue weighted by Gasteiger charge is -2.37. The maximum atomic E-state index is 5.94. The molecule has 0 bridgehead atoms. The van der Waals surface area contributed by atoms with E-state index in [1.807, 2.05) is 0 Å². The zero-order chi connectivity index (χ0) is 9.41. The number of rotatable bonds is 0. The molecule has 1 saturated carbocycles. The molecular weight excluding hydrogens is 192 g/mol. The molecule has 3 saturated heterocycles. The first-order valence-electron chi connectivity index (χ1n) is 5.51. The average molecular weight is 200 g/mol. The van der Waals surface area contributed by atoms with Crippen LogP contribution in [0.1, 0.15) is 11.1 Å². The highest BCUT2D eigenvalue weighted by molar-refractivity contribution is 5.63. The van der Waals surface area contributed by atoms with Crippen LogP contribution < -0.4 is 0 Å². The van der Waals surface area contributed by atoms with Gasteiger partial charge in [-0.15, -0.1) is 0 Å². The zero-order valence-corrected chi connectivity index (χ0v) is 7.84. The van der Waals surface area contributed by atoms with Crippen LogP contribution in [0.4, 0.5) is 0 Å². The fourth-order valence-corrected chi connectivity index (χ4v) is 4.05. The third kappa shape index (κ3) is 0.405. The van der Waals surface area contributed by atoms with Gasteiger partial charge in [-0.1, -0.05) is 24.3 Å². The Morgan fingerprint density at radius 3 is 1.93 bits per heavy atom. The van der Waals surface area contributed by atoms with Crippen molar-refractivity contribution in [3.63, 3.8) is 0 Å². The van der Waals surface area contributed by atoms with Crippen LogP contribution in [0.15, 0.2) is 24.3 Å². The second kappa shape index (κ2) is 1.47. The fourth-order valence-electron chi connectivity index (χ4n) is 4.05. The maximum Gasteiger partial charge on any atom is 0.159 e. The molecule has 15 heavy (non-hydrogen) atoms. The molecule has 1 aromatic carbocycles. The molecule has 0 N–H and O–H groups in total. The standard InChI is InChI=1S/C12H8O3/c1-2-4-6-5(3-1)11-9(14-11)7-8(13-7)10-12(6,11)15-10/h1-4,7-10H/t7-,8+,9+,10-,11+,12-. The Bertz CT molecular complexity index is 494. The molecule has 3 heteroatoms. The Kier molecular flexibility index (Phi) is 0.651. The first-order valence-corrected chi connectivity index (χ1v) is 5.51. The predicted octanol–water partition coefficient (Wildman–Crippen LogP) is 0.669. The van der Waals surface area contributed by atoms with E-state index in [-0.39, 0.29) is 23.4 Å². The van der Waals surface area contributed by atoms with Crippen molar-refractivity contribution in [1.29, 1.82) is 0 Å². The van der Waals surface area contributed by atoms with E-state index in [9.17, 15) is 0 Å². The summed E-state index contributed by atoms with van der Waals surface area (Å²) in [5.74, 6) is 0. The molecule has 6 rings (SSSR count). The molecule has 4 fully saturated rings. The van der Waals surface area contributed by atoms with E-state index in [2.05, 4.69) is 24.3 Å².